The lowest BCUT2D eigenvalue weighted by Gasteiger charge is -2.22. The number of benzene rings is 1. The highest BCUT2D eigenvalue weighted by atomic mass is 35.5. The van der Waals surface area contributed by atoms with Crippen molar-refractivity contribution in [3.8, 4) is 11.5 Å². The van der Waals surface area contributed by atoms with Crippen molar-refractivity contribution in [2.75, 3.05) is 13.2 Å². The van der Waals surface area contributed by atoms with Gasteiger partial charge >= 0.3 is 0 Å². The Bertz CT molecular complexity index is 472. The largest absolute Gasteiger partial charge is 0.486 e. The quantitative estimate of drug-likeness (QED) is 0.917. The zero-order valence-electron chi connectivity index (χ0n) is 12.0. The molecule has 0 amide bonds. The van der Waals surface area contributed by atoms with Gasteiger partial charge in [-0.05, 0) is 43.4 Å². The van der Waals surface area contributed by atoms with E-state index in [4.69, 9.17) is 21.1 Å². The molecule has 1 aromatic carbocycles. The molecule has 1 atom stereocenters. The minimum absolute atomic E-state index is 0.560. The number of ether oxygens (including phenoxy) is 2. The predicted octanol–water partition coefficient (Wildman–Crippen LogP) is 3.78. The number of hydrogen-bond donors (Lipinski definition) is 1. The van der Waals surface area contributed by atoms with Crippen LogP contribution in [0, 0.1) is 5.92 Å². The zero-order chi connectivity index (χ0) is 13.9. The van der Waals surface area contributed by atoms with Crippen LogP contribution in [0.25, 0.3) is 0 Å². The lowest BCUT2D eigenvalue weighted by Crippen LogP contribution is -2.31. The molecule has 0 aromatic heterocycles. The summed E-state index contributed by atoms with van der Waals surface area (Å²) < 4.78 is 11.2. The Morgan fingerprint density at radius 2 is 2.00 bits per heavy atom. The summed E-state index contributed by atoms with van der Waals surface area (Å²) in [5.41, 5.74) is 1.16. The number of nitrogens with one attached hydrogen (secondary N) is 1. The molecule has 1 heterocycles. The monoisotopic (exact) mass is 295 g/mol. The molecule has 0 bridgehead atoms. The lowest BCUT2D eigenvalue weighted by molar-refractivity contribution is 0.171. The van der Waals surface area contributed by atoms with Crippen molar-refractivity contribution in [2.24, 2.45) is 5.92 Å². The Labute approximate surface area is 125 Å². The van der Waals surface area contributed by atoms with E-state index in [0.717, 1.165) is 23.8 Å². The molecular weight excluding hydrogens is 274 g/mol. The summed E-state index contributed by atoms with van der Waals surface area (Å²) >= 11 is 6.26. The molecule has 0 unspecified atom stereocenters. The van der Waals surface area contributed by atoms with Crippen molar-refractivity contribution in [2.45, 2.75) is 45.2 Å². The van der Waals surface area contributed by atoms with E-state index in [1.807, 2.05) is 12.1 Å². The van der Waals surface area contributed by atoms with E-state index in [2.05, 4.69) is 12.2 Å². The average molecular weight is 296 g/mol. The molecule has 2 aliphatic rings. The Balaban J connectivity index is 1.64. The summed E-state index contributed by atoms with van der Waals surface area (Å²) in [4.78, 5) is 0. The van der Waals surface area contributed by atoms with Gasteiger partial charge in [0.1, 0.15) is 13.2 Å². The number of rotatable bonds is 4. The molecule has 1 N–H and O–H groups in total. The number of fused-ring (bicyclic) bond motifs is 1. The molecule has 3 nitrogen and oxygen atoms in total. The van der Waals surface area contributed by atoms with Gasteiger partial charge < -0.3 is 14.8 Å². The highest BCUT2D eigenvalue weighted by Crippen LogP contribution is 2.38. The van der Waals surface area contributed by atoms with Crippen molar-refractivity contribution in [3.05, 3.63) is 22.7 Å². The second-order valence-corrected chi connectivity index (χ2v) is 6.22. The van der Waals surface area contributed by atoms with E-state index < -0.39 is 0 Å². The standard InChI is InChI=1S/C16H22ClNO2/c1-11(13-4-2-3-5-13)18-10-12-8-14(17)16-15(9-12)19-6-7-20-16/h8-9,11,13,18H,2-7,10H2,1H3/t11-/m0/s1. The van der Waals surface area contributed by atoms with Crippen LogP contribution in [-0.4, -0.2) is 19.3 Å². The molecule has 0 saturated heterocycles. The van der Waals surface area contributed by atoms with Crippen LogP contribution in [0.3, 0.4) is 0 Å². The van der Waals surface area contributed by atoms with Crippen molar-refractivity contribution in [1.29, 1.82) is 0 Å². The fourth-order valence-electron chi connectivity index (χ4n) is 3.17. The summed E-state index contributed by atoms with van der Waals surface area (Å²) in [7, 11) is 0. The molecule has 0 spiro atoms. The minimum Gasteiger partial charge on any atom is -0.486 e. The molecule has 1 aliphatic heterocycles. The first-order valence-electron chi connectivity index (χ1n) is 7.55. The van der Waals surface area contributed by atoms with Gasteiger partial charge in [-0.1, -0.05) is 24.4 Å². The topological polar surface area (TPSA) is 30.5 Å². The van der Waals surface area contributed by atoms with Gasteiger partial charge in [0.25, 0.3) is 0 Å². The third-order valence-electron chi connectivity index (χ3n) is 4.39. The summed E-state index contributed by atoms with van der Waals surface area (Å²) in [6.45, 7) is 4.28. The van der Waals surface area contributed by atoms with Crippen LogP contribution in [0.15, 0.2) is 12.1 Å². The second kappa shape index (κ2) is 6.23. The Kier molecular flexibility index (Phi) is 4.37. The van der Waals surface area contributed by atoms with Crippen molar-refractivity contribution < 1.29 is 9.47 Å². The molecule has 3 rings (SSSR count). The SMILES string of the molecule is C[C@H](NCc1cc(Cl)c2c(c1)OCCO2)C1CCCC1. The average Bonchev–Trinajstić information content (AvgIpc) is 2.99. The molecule has 20 heavy (non-hydrogen) atoms. The van der Waals surface area contributed by atoms with Gasteiger partial charge in [0, 0.05) is 12.6 Å². The first-order valence-corrected chi connectivity index (χ1v) is 7.93. The Hall–Kier alpha value is -0.930. The van der Waals surface area contributed by atoms with Gasteiger partial charge in [0.15, 0.2) is 11.5 Å². The summed E-state index contributed by atoms with van der Waals surface area (Å²) in [5.74, 6) is 2.28. The lowest BCUT2D eigenvalue weighted by atomic mass is 9.99. The third kappa shape index (κ3) is 3.04. The maximum atomic E-state index is 6.26. The van der Waals surface area contributed by atoms with Gasteiger partial charge in [-0.3, -0.25) is 0 Å². The van der Waals surface area contributed by atoms with Gasteiger partial charge in [-0.25, -0.2) is 0 Å². The molecule has 1 saturated carbocycles. The van der Waals surface area contributed by atoms with Gasteiger partial charge in [-0.15, -0.1) is 0 Å². The van der Waals surface area contributed by atoms with Crippen LogP contribution in [-0.2, 0) is 6.54 Å². The first kappa shape index (κ1) is 14.0. The molecule has 1 fully saturated rings. The summed E-state index contributed by atoms with van der Waals surface area (Å²) in [6.07, 6.45) is 5.48. The van der Waals surface area contributed by atoms with Crippen LogP contribution in [0.5, 0.6) is 11.5 Å². The van der Waals surface area contributed by atoms with Crippen molar-refractivity contribution in [3.63, 3.8) is 0 Å². The van der Waals surface area contributed by atoms with Crippen LogP contribution in [0.1, 0.15) is 38.2 Å². The normalized spacial score (nSPS) is 20.1. The van der Waals surface area contributed by atoms with Crippen molar-refractivity contribution >= 4 is 11.6 Å². The smallest absolute Gasteiger partial charge is 0.179 e. The first-order chi connectivity index (χ1) is 9.74. The molecule has 110 valence electrons. The fraction of sp³-hybridized carbons (Fsp3) is 0.625. The predicted molar refractivity (Wildman–Crippen MR) is 80.7 cm³/mol. The molecule has 1 aromatic rings. The van der Waals surface area contributed by atoms with E-state index in [9.17, 15) is 0 Å². The highest BCUT2D eigenvalue weighted by Gasteiger charge is 2.21. The highest BCUT2D eigenvalue weighted by molar-refractivity contribution is 6.32. The summed E-state index contributed by atoms with van der Waals surface area (Å²) in [6, 6.07) is 4.57. The zero-order valence-corrected chi connectivity index (χ0v) is 12.7. The molecule has 0 radical (unpaired) electrons. The maximum Gasteiger partial charge on any atom is 0.179 e. The number of halogens is 1. The van der Waals surface area contributed by atoms with E-state index in [-0.39, 0.29) is 0 Å². The van der Waals surface area contributed by atoms with Crippen LogP contribution < -0.4 is 14.8 Å². The second-order valence-electron chi connectivity index (χ2n) is 5.82. The van der Waals surface area contributed by atoms with Crippen LogP contribution in [0.2, 0.25) is 5.02 Å². The van der Waals surface area contributed by atoms with Crippen molar-refractivity contribution in [1.82, 2.24) is 5.32 Å². The maximum absolute atomic E-state index is 6.26. The van der Waals surface area contributed by atoms with Gasteiger partial charge in [0.05, 0.1) is 5.02 Å². The Morgan fingerprint density at radius 1 is 1.25 bits per heavy atom. The molecular formula is C16H22ClNO2. The van der Waals surface area contributed by atoms with Crippen LogP contribution >= 0.6 is 11.6 Å². The van der Waals surface area contributed by atoms with E-state index in [0.29, 0.717) is 30.0 Å². The third-order valence-corrected chi connectivity index (χ3v) is 4.67. The van der Waals surface area contributed by atoms with E-state index in [1.54, 1.807) is 0 Å². The van der Waals surface area contributed by atoms with Gasteiger partial charge in [-0.2, -0.15) is 0 Å². The number of hydrogen-bond acceptors (Lipinski definition) is 3. The van der Waals surface area contributed by atoms with Gasteiger partial charge in [0.2, 0.25) is 0 Å². The summed E-state index contributed by atoms with van der Waals surface area (Å²) in [5, 5.41) is 4.27. The van der Waals surface area contributed by atoms with Crippen LogP contribution in [0.4, 0.5) is 0 Å². The Morgan fingerprint density at radius 3 is 2.80 bits per heavy atom. The molecule has 4 heteroatoms. The van der Waals surface area contributed by atoms with E-state index in [1.165, 1.54) is 25.7 Å². The van der Waals surface area contributed by atoms with E-state index >= 15 is 0 Å². The minimum atomic E-state index is 0.560. The molecule has 1 aliphatic carbocycles. The fourth-order valence-corrected chi connectivity index (χ4v) is 3.46.